The Hall–Kier alpha value is -1.30. The van der Waals surface area contributed by atoms with Crippen molar-refractivity contribution in [2.24, 2.45) is 0 Å². The second kappa shape index (κ2) is 11.4. The van der Waals surface area contributed by atoms with Crippen molar-refractivity contribution in [1.29, 1.82) is 0 Å². The molecular formula is C21H36N2O3. The highest BCUT2D eigenvalue weighted by atomic mass is 16.5. The maximum atomic E-state index is 10.3. The first-order valence-electron chi connectivity index (χ1n) is 10.0. The maximum absolute atomic E-state index is 10.3. The van der Waals surface area contributed by atoms with Crippen LogP contribution in [0, 0.1) is 0 Å². The average molecular weight is 365 g/mol. The minimum atomic E-state index is -0.479. The summed E-state index contributed by atoms with van der Waals surface area (Å²) in [7, 11) is 3.79. The number of benzene rings is 1. The quantitative estimate of drug-likeness (QED) is 0.691. The third-order valence-corrected chi connectivity index (χ3v) is 4.88. The SMILES string of the molecule is CCCN(C)Cc1ccc(OCC(O)CN2CCCCCC2)c(OC)c1. The molecule has 1 aromatic rings. The molecule has 26 heavy (non-hydrogen) atoms. The Morgan fingerprint density at radius 1 is 1.15 bits per heavy atom. The lowest BCUT2D eigenvalue weighted by atomic mass is 10.2. The van der Waals surface area contributed by atoms with Gasteiger partial charge in [0.05, 0.1) is 7.11 Å². The van der Waals surface area contributed by atoms with Gasteiger partial charge in [-0.05, 0) is 63.6 Å². The van der Waals surface area contributed by atoms with Gasteiger partial charge in [0.1, 0.15) is 12.7 Å². The van der Waals surface area contributed by atoms with E-state index in [1.54, 1.807) is 7.11 Å². The van der Waals surface area contributed by atoms with Crippen LogP contribution < -0.4 is 9.47 Å². The first kappa shape index (κ1) is 21.0. The molecule has 0 aliphatic carbocycles. The molecule has 0 spiro atoms. The lowest BCUT2D eigenvalue weighted by Crippen LogP contribution is -2.36. The molecule has 1 aliphatic rings. The lowest BCUT2D eigenvalue weighted by molar-refractivity contribution is 0.0683. The fourth-order valence-electron chi connectivity index (χ4n) is 3.56. The van der Waals surface area contributed by atoms with Gasteiger partial charge in [-0.15, -0.1) is 0 Å². The Bertz CT molecular complexity index is 516. The van der Waals surface area contributed by atoms with Crippen LogP contribution in [0.25, 0.3) is 0 Å². The molecule has 148 valence electrons. The summed E-state index contributed by atoms with van der Waals surface area (Å²) in [6, 6.07) is 6.06. The number of hydrogen-bond acceptors (Lipinski definition) is 5. The number of aliphatic hydroxyl groups excluding tert-OH is 1. The Morgan fingerprint density at radius 2 is 1.88 bits per heavy atom. The molecule has 0 radical (unpaired) electrons. The van der Waals surface area contributed by atoms with E-state index < -0.39 is 6.10 Å². The number of aliphatic hydroxyl groups is 1. The normalized spacial score (nSPS) is 17.1. The smallest absolute Gasteiger partial charge is 0.161 e. The largest absolute Gasteiger partial charge is 0.493 e. The first-order valence-corrected chi connectivity index (χ1v) is 10.0. The second-order valence-electron chi connectivity index (χ2n) is 7.40. The summed E-state index contributed by atoms with van der Waals surface area (Å²) in [5, 5.41) is 10.3. The Kier molecular flexibility index (Phi) is 9.23. The highest BCUT2D eigenvalue weighted by molar-refractivity contribution is 5.43. The molecule has 1 unspecified atom stereocenters. The van der Waals surface area contributed by atoms with Crippen molar-refractivity contribution in [2.45, 2.75) is 51.7 Å². The Morgan fingerprint density at radius 3 is 2.54 bits per heavy atom. The molecule has 1 aromatic carbocycles. The van der Waals surface area contributed by atoms with Gasteiger partial charge in [-0.25, -0.2) is 0 Å². The van der Waals surface area contributed by atoms with E-state index in [-0.39, 0.29) is 0 Å². The van der Waals surface area contributed by atoms with E-state index in [4.69, 9.17) is 9.47 Å². The average Bonchev–Trinajstić information content (AvgIpc) is 2.89. The van der Waals surface area contributed by atoms with Crippen molar-refractivity contribution < 1.29 is 14.6 Å². The van der Waals surface area contributed by atoms with Crippen molar-refractivity contribution >= 4 is 0 Å². The standard InChI is InChI=1S/C21H36N2O3/c1-4-11-22(2)15-18-9-10-20(21(14-18)25-3)26-17-19(24)16-23-12-7-5-6-8-13-23/h9-10,14,19,24H,4-8,11-13,15-17H2,1-3H3. The van der Waals surface area contributed by atoms with Gasteiger partial charge < -0.3 is 24.4 Å². The van der Waals surface area contributed by atoms with Gasteiger partial charge in [-0.1, -0.05) is 25.8 Å². The molecule has 0 saturated carbocycles. The molecule has 1 fully saturated rings. The summed E-state index contributed by atoms with van der Waals surface area (Å²) in [6.45, 7) is 7.29. The minimum absolute atomic E-state index is 0.294. The van der Waals surface area contributed by atoms with E-state index in [0.29, 0.717) is 18.9 Å². The van der Waals surface area contributed by atoms with Gasteiger partial charge in [0.25, 0.3) is 0 Å². The summed E-state index contributed by atoms with van der Waals surface area (Å²) in [5.74, 6) is 1.43. The van der Waals surface area contributed by atoms with Crippen LogP contribution >= 0.6 is 0 Å². The predicted octanol–water partition coefficient (Wildman–Crippen LogP) is 3.15. The van der Waals surface area contributed by atoms with E-state index >= 15 is 0 Å². The zero-order valence-corrected chi connectivity index (χ0v) is 16.7. The number of methoxy groups -OCH3 is 1. The molecule has 2 rings (SSSR count). The molecular weight excluding hydrogens is 328 g/mol. The summed E-state index contributed by atoms with van der Waals surface area (Å²) < 4.78 is 11.3. The van der Waals surface area contributed by atoms with Gasteiger partial charge in [-0.2, -0.15) is 0 Å². The van der Waals surface area contributed by atoms with Crippen LogP contribution in [0.4, 0.5) is 0 Å². The Labute approximate surface area is 158 Å². The third kappa shape index (κ3) is 7.14. The third-order valence-electron chi connectivity index (χ3n) is 4.88. The predicted molar refractivity (Wildman–Crippen MR) is 106 cm³/mol. The van der Waals surface area contributed by atoms with Gasteiger partial charge in [-0.3, -0.25) is 0 Å². The second-order valence-corrected chi connectivity index (χ2v) is 7.40. The zero-order valence-electron chi connectivity index (χ0n) is 16.7. The van der Waals surface area contributed by atoms with Crippen molar-refractivity contribution in [2.75, 3.05) is 46.9 Å². The van der Waals surface area contributed by atoms with Crippen LogP contribution in [0.3, 0.4) is 0 Å². The van der Waals surface area contributed by atoms with Crippen LogP contribution in [-0.4, -0.2) is 68.0 Å². The van der Waals surface area contributed by atoms with Crippen molar-refractivity contribution in [3.63, 3.8) is 0 Å². The number of rotatable bonds is 10. The summed E-state index contributed by atoms with van der Waals surface area (Å²) >= 11 is 0. The molecule has 1 atom stereocenters. The number of hydrogen-bond donors (Lipinski definition) is 1. The fourth-order valence-corrected chi connectivity index (χ4v) is 3.56. The van der Waals surface area contributed by atoms with Crippen LogP contribution in [0.5, 0.6) is 11.5 Å². The summed E-state index contributed by atoms with van der Waals surface area (Å²) in [5.41, 5.74) is 1.20. The van der Waals surface area contributed by atoms with Gasteiger partial charge in [0, 0.05) is 13.1 Å². The number of β-amino-alcohol motifs (C(OH)–C–C–N with tert-alkyl or cyclic N) is 1. The van der Waals surface area contributed by atoms with Crippen molar-refractivity contribution in [3.05, 3.63) is 23.8 Å². The lowest BCUT2D eigenvalue weighted by Gasteiger charge is -2.23. The van der Waals surface area contributed by atoms with Crippen LogP contribution in [-0.2, 0) is 6.54 Å². The first-order chi connectivity index (χ1) is 12.6. The molecule has 0 bridgehead atoms. The van der Waals surface area contributed by atoms with E-state index in [9.17, 15) is 5.11 Å². The van der Waals surface area contributed by atoms with Gasteiger partial charge in [0.2, 0.25) is 0 Å². The van der Waals surface area contributed by atoms with Crippen molar-refractivity contribution in [1.82, 2.24) is 9.80 Å². The van der Waals surface area contributed by atoms with Crippen LogP contribution in [0.1, 0.15) is 44.6 Å². The Balaban J connectivity index is 1.85. The molecule has 1 saturated heterocycles. The van der Waals surface area contributed by atoms with E-state index in [2.05, 4.69) is 29.8 Å². The monoisotopic (exact) mass is 364 g/mol. The molecule has 0 amide bonds. The van der Waals surface area contributed by atoms with E-state index in [1.165, 1.54) is 31.2 Å². The summed E-state index contributed by atoms with van der Waals surface area (Å²) in [4.78, 5) is 4.64. The minimum Gasteiger partial charge on any atom is -0.493 e. The highest BCUT2D eigenvalue weighted by Gasteiger charge is 2.15. The number of likely N-dealkylation sites (tertiary alicyclic amines) is 1. The van der Waals surface area contributed by atoms with Crippen molar-refractivity contribution in [3.8, 4) is 11.5 Å². The van der Waals surface area contributed by atoms with E-state index in [0.717, 1.165) is 38.3 Å². The van der Waals surface area contributed by atoms with Crippen LogP contribution in [0.2, 0.25) is 0 Å². The zero-order chi connectivity index (χ0) is 18.8. The molecule has 1 aliphatic heterocycles. The molecule has 5 nitrogen and oxygen atoms in total. The van der Waals surface area contributed by atoms with Crippen LogP contribution in [0.15, 0.2) is 18.2 Å². The van der Waals surface area contributed by atoms with E-state index in [1.807, 2.05) is 12.1 Å². The summed E-state index contributed by atoms with van der Waals surface area (Å²) in [6.07, 6.45) is 5.74. The molecule has 1 N–H and O–H groups in total. The molecule has 0 aromatic heterocycles. The maximum Gasteiger partial charge on any atom is 0.161 e. The van der Waals surface area contributed by atoms with Gasteiger partial charge >= 0.3 is 0 Å². The molecule has 1 heterocycles. The molecule has 5 heteroatoms. The number of ether oxygens (including phenoxy) is 2. The highest BCUT2D eigenvalue weighted by Crippen LogP contribution is 2.28. The fraction of sp³-hybridized carbons (Fsp3) is 0.714. The van der Waals surface area contributed by atoms with Gasteiger partial charge in [0.15, 0.2) is 11.5 Å². The topological polar surface area (TPSA) is 45.2 Å². The number of nitrogens with zero attached hydrogens (tertiary/aromatic N) is 2.